The van der Waals surface area contributed by atoms with Gasteiger partial charge in [0.15, 0.2) is 6.10 Å². The van der Waals surface area contributed by atoms with Gasteiger partial charge in [0.05, 0.1) is 6.61 Å². The number of hydrogen-bond acceptors (Lipinski definition) is 5. The molecular formula is C55H94O5. The fraction of sp³-hybridized carbons (Fsp3) is 0.709. The minimum atomic E-state index is -0.556. The van der Waals surface area contributed by atoms with Crippen LogP contribution in [0.1, 0.15) is 226 Å². The first kappa shape index (κ1) is 57.1. The van der Waals surface area contributed by atoms with Crippen molar-refractivity contribution >= 4 is 11.9 Å². The molecule has 0 aromatic carbocycles. The van der Waals surface area contributed by atoms with Crippen LogP contribution < -0.4 is 0 Å². The van der Waals surface area contributed by atoms with Gasteiger partial charge in [0.1, 0.15) is 6.61 Å². The summed E-state index contributed by atoms with van der Waals surface area (Å²) >= 11 is 0. The summed E-state index contributed by atoms with van der Waals surface area (Å²) in [6.45, 7) is 7.56. The molecule has 344 valence electrons. The van der Waals surface area contributed by atoms with Gasteiger partial charge in [-0.3, -0.25) is 9.59 Å². The molecule has 0 aromatic heterocycles. The van der Waals surface area contributed by atoms with Gasteiger partial charge in [0.2, 0.25) is 0 Å². The van der Waals surface area contributed by atoms with Crippen molar-refractivity contribution in [2.24, 2.45) is 0 Å². The first-order chi connectivity index (χ1) is 29.6. The molecule has 0 aliphatic carbocycles. The molecular weight excluding hydrogens is 741 g/mol. The number of unbranched alkanes of at least 4 members (excludes halogenated alkanes) is 20. The fourth-order valence-corrected chi connectivity index (χ4v) is 6.75. The quantitative estimate of drug-likeness (QED) is 0.0347. The molecule has 60 heavy (non-hydrogen) atoms. The van der Waals surface area contributed by atoms with Gasteiger partial charge < -0.3 is 14.2 Å². The van der Waals surface area contributed by atoms with Crippen LogP contribution in [0, 0.1) is 0 Å². The SMILES string of the molecule is CC/C=C\C/C=C\C/C=C\C/C=C\CCCCCCC(=O)OCC(COCCCCCCCCCCCCCC)OC(=O)CCCCCCC/C=C\C/C=C\C/C=C\CC. The Kier molecular flexibility index (Phi) is 48.0. The predicted molar refractivity (Wildman–Crippen MR) is 260 cm³/mol. The highest BCUT2D eigenvalue weighted by molar-refractivity contribution is 5.70. The van der Waals surface area contributed by atoms with E-state index in [2.05, 4.69) is 106 Å². The van der Waals surface area contributed by atoms with Crippen LogP contribution in [-0.4, -0.2) is 37.9 Å². The summed E-state index contributed by atoms with van der Waals surface area (Å²) in [5.41, 5.74) is 0. The highest BCUT2D eigenvalue weighted by atomic mass is 16.6. The van der Waals surface area contributed by atoms with Gasteiger partial charge in [-0.15, -0.1) is 0 Å². The van der Waals surface area contributed by atoms with Crippen LogP contribution in [0.15, 0.2) is 85.1 Å². The standard InChI is InChI=1S/C55H94O5/c1-4-7-10-13-16-19-22-25-27-28-30-31-33-36-39-42-45-48-54(56)59-52-53(51-58-50-47-44-41-38-35-24-21-18-15-12-9-6-3)60-55(57)49-46-43-40-37-34-32-29-26-23-20-17-14-11-8-5-2/h7-8,10-11,16-17,19-20,25-27,29-31,53H,4-6,9,12-15,18,21-24,28,32-52H2,1-3H3/b10-7-,11-8-,19-16-,20-17-,27-25-,29-26-,31-30-. The third-order valence-corrected chi connectivity index (χ3v) is 10.4. The summed E-state index contributed by atoms with van der Waals surface area (Å²) in [6, 6.07) is 0. The van der Waals surface area contributed by atoms with Gasteiger partial charge in [-0.25, -0.2) is 0 Å². The number of allylic oxidation sites excluding steroid dienone is 14. The van der Waals surface area contributed by atoms with E-state index in [1.54, 1.807) is 0 Å². The summed E-state index contributed by atoms with van der Waals surface area (Å²) in [4.78, 5) is 25.4. The van der Waals surface area contributed by atoms with Crippen molar-refractivity contribution in [3.63, 3.8) is 0 Å². The molecule has 0 saturated heterocycles. The number of ether oxygens (including phenoxy) is 3. The van der Waals surface area contributed by atoms with Crippen molar-refractivity contribution in [1.29, 1.82) is 0 Å². The van der Waals surface area contributed by atoms with Gasteiger partial charge in [-0.1, -0.05) is 209 Å². The van der Waals surface area contributed by atoms with Gasteiger partial charge in [-0.2, -0.15) is 0 Å². The topological polar surface area (TPSA) is 61.8 Å². The fourth-order valence-electron chi connectivity index (χ4n) is 6.75. The van der Waals surface area contributed by atoms with E-state index in [9.17, 15) is 9.59 Å². The molecule has 5 heteroatoms. The number of hydrogen-bond donors (Lipinski definition) is 0. The van der Waals surface area contributed by atoms with E-state index in [0.717, 1.165) is 116 Å². The molecule has 1 atom stereocenters. The lowest BCUT2D eigenvalue weighted by atomic mass is 10.1. The largest absolute Gasteiger partial charge is 0.462 e. The molecule has 0 radical (unpaired) electrons. The lowest BCUT2D eigenvalue weighted by molar-refractivity contribution is -0.163. The van der Waals surface area contributed by atoms with E-state index in [-0.39, 0.29) is 25.2 Å². The zero-order chi connectivity index (χ0) is 43.5. The van der Waals surface area contributed by atoms with E-state index in [1.807, 2.05) is 0 Å². The molecule has 0 rings (SSSR count). The normalized spacial score (nSPS) is 12.9. The Morgan fingerprint density at radius 1 is 0.383 bits per heavy atom. The molecule has 0 aliphatic rings. The van der Waals surface area contributed by atoms with Crippen LogP contribution in [0.25, 0.3) is 0 Å². The van der Waals surface area contributed by atoms with Gasteiger partial charge in [-0.05, 0) is 89.9 Å². The minimum absolute atomic E-state index is 0.0636. The first-order valence-electron chi connectivity index (χ1n) is 25.1. The Morgan fingerprint density at radius 2 is 0.750 bits per heavy atom. The van der Waals surface area contributed by atoms with Crippen molar-refractivity contribution in [3.8, 4) is 0 Å². The smallest absolute Gasteiger partial charge is 0.306 e. The maximum absolute atomic E-state index is 12.8. The third kappa shape index (κ3) is 47.8. The van der Waals surface area contributed by atoms with Crippen LogP contribution in [0.2, 0.25) is 0 Å². The summed E-state index contributed by atoms with van der Waals surface area (Å²) in [5.74, 6) is -0.443. The number of esters is 2. The molecule has 0 saturated carbocycles. The van der Waals surface area contributed by atoms with Crippen molar-refractivity contribution in [3.05, 3.63) is 85.1 Å². The highest BCUT2D eigenvalue weighted by Gasteiger charge is 2.17. The molecule has 0 aromatic rings. The zero-order valence-electron chi connectivity index (χ0n) is 39.5. The van der Waals surface area contributed by atoms with Crippen LogP contribution in [0.5, 0.6) is 0 Å². The van der Waals surface area contributed by atoms with Crippen LogP contribution >= 0.6 is 0 Å². The number of rotatable bonds is 45. The second kappa shape index (κ2) is 50.4. The van der Waals surface area contributed by atoms with Gasteiger partial charge in [0, 0.05) is 19.4 Å². The van der Waals surface area contributed by atoms with E-state index in [0.29, 0.717) is 19.4 Å². The Bertz CT molecular complexity index is 1130. The van der Waals surface area contributed by atoms with Gasteiger partial charge in [0.25, 0.3) is 0 Å². The predicted octanol–water partition coefficient (Wildman–Crippen LogP) is 16.9. The maximum Gasteiger partial charge on any atom is 0.306 e. The Balaban J connectivity index is 4.33. The molecule has 0 fully saturated rings. The minimum Gasteiger partial charge on any atom is -0.462 e. The van der Waals surface area contributed by atoms with Crippen molar-refractivity contribution in [2.45, 2.75) is 232 Å². The Labute approximate surface area is 371 Å². The van der Waals surface area contributed by atoms with Crippen LogP contribution in [-0.2, 0) is 23.8 Å². The van der Waals surface area contributed by atoms with Crippen molar-refractivity contribution in [1.82, 2.24) is 0 Å². The number of carbonyl (C=O) groups is 2. The Morgan fingerprint density at radius 3 is 1.20 bits per heavy atom. The molecule has 0 bridgehead atoms. The average molecular weight is 835 g/mol. The molecule has 0 spiro atoms. The van der Waals surface area contributed by atoms with E-state index in [4.69, 9.17) is 14.2 Å². The molecule has 0 N–H and O–H groups in total. The summed E-state index contributed by atoms with van der Waals surface area (Å²) in [6.07, 6.45) is 65.8. The molecule has 0 heterocycles. The van der Waals surface area contributed by atoms with E-state index < -0.39 is 6.10 Å². The van der Waals surface area contributed by atoms with Crippen LogP contribution in [0.4, 0.5) is 0 Å². The molecule has 5 nitrogen and oxygen atoms in total. The molecule has 1 unspecified atom stereocenters. The zero-order valence-corrected chi connectivity index (χ0v) is 39.5. The Hall–Kier alpha value is -2.92. The molecule has 0 aliphatic heterocycles. The van der Waals surface area contributed by atoms with Crippen LogP contribution in [0.3, 0.4) is 0 Å². The maximum atomic E-state index is 12.8. The van der Waals surface area contributed by atoms with E-state index >= 15 is 0 Å². The summed E-state index contributed by atoms with van der Waals surface area (Å²) in [7, 11) is 0. The lowest BCUT2D eigenvalue weighted by Gasteiger charge is -2.18. The second-order valence-corrected chi connectivity index (χ2v) is 16.3. The molecule has 0 amide bonds. The second-order valence-electron chi connectivity index (χ2n) is 16.3. The highest BCUT2D eigenvalue weighted by Crippen LogP contribution is 2.14. The summed E-state index contributed by atoms with van der Waals surface area (Å²) < 4.78 is 17.4. The first-order valence-corrected chi connectivity index (χ1v) is 25.1. The third-order valence-electron chi connectivity index (χ3n) is 10.4. The van der Waals surface area contributed by atoms with Crippen molar-refractivity contribution in [2.75, 3.05) is 19.8 Å². The summed E-state index contributed by atoms with van der Waals surface area (Å²) in [5, 5.41) is 0. The van der Waals surface area contributed by atoms with Gasteiger partial charge >= 0.3 is 11.9 Å². The van der Waals surface area contributed by atoms with E-state index in [1.165, 1.54) is 77.0 Å². The number of carbonyl (C=O) groups excluding carboxylic acids is 2. The van der Waals surface area contributed by atoms with Crippen molar-refractivity contribution < 1.29 is 23.8 Å². The monoisotopic (exact) mass is 835 g/mol. The lowest BCUT2D eigenvalue weighted by Crippen LogP contribution is -2.30. The average Bonchev–Trinajstić information content (AvgIpc) is 3.25.